The summed E-state index contributed by atoms with van der Waals surface area (Å²) < 4.78 is 28.9. The van der Waals surface area contributed by atoms with Gasteiger partial charge in [-0.05, 0) is 73.7 Å². The first-order valence-corrected chi connectivity index (χ1v) is 15.8. The molecule has 1 N–H and O–H groups in total. The summed E-state index contributed by atoms with van der Waals surface area (Å²) in [5.74, 6) is -0.641. The molecular weight excluding hydrogens is 581 g/mol. The van der Waals surface area contributed by atoms with E-state index in [2.05, 4.69) is 5.32 Å². The van der Waals surface area contributed by atoms with E-state index in [1.165, 1.54) is 17.0 Å². The van der Waals surface area contributed by atoms with Crippen molar-refractivity contribution in [2.24, 2.45) is 0 Å². The van der Waals surface area contributed by atoms with Gasteiger partial charge in [-0.3, -0.25) is 13.9 Å². The second kappa shape index (κ2) is 14.2. The van der Waals surface area contributed by atoms with Gasteiger partial charge in [-0.1, -0.05) is 80.4 Å². The van der Waals surface area contributed by atoms with Gasteiger partial charge < -0.3 is 10.2 Å². The van der Waals surface area contributed by atoms with Crippen molar-refractivity contribution in [3.05, 3.63) is 94.0 Å². The molecule has 0 saturated carbocycles. The average molecular weight is 619 g/mol. The maximum absolute atomic E-state index is 14.0. The van der Waals surface area contributed by atoms with Crippen molar-refractivity contribution in [2.75, 3.05) is 10.8 Å². The Balaban J connectivity index is 2.04. The molecule has 0 aromatic heterocycles. The predicted octanol–water partition coefficient (Wildman–Crippen LogP) is 6.64. The molecule has 3 aromatic rings. The highest BCUT2D eigenvalue weighted by Crippen LogP contribution is 2.27. The van der Waals surface area contributed by atoms with Crippen LogP contribution in [0, 0.1) is 0 Å². The van der Waals surface area contributed by atoms with Crippen LogP contribution in [0.2, 0.25) is 10.0 Å². The third-order valence-electron chi connectivity index (χ3n) is 6.96. The van der Waals surface area contributed by atoms with Gasteiger partial charge in [0.2, 0.25) is 11.8 Å². The topological polar surface area (TPSA) is 86.8 Å². The zero-order chi connectivity index (χ0) is 30.3. The lowest BCUT2D eigenvalue weighted by Gasteiger charge is -2.32. The number of carbonyl (C=O) groups excluding carboxylic acids is 2. The highest BCUT2D eigenvalue weighted by molar-refractivity contribution is 7.92. The first kappa shape index (κ1) is 32.4. The van der Waals surface area contributed by atoms with Crippen molar-refractivity contribution >= 4 is 50.7 Å². The number of benzene rings is 3. The van der Waals surface area contributed by atoms with E-state index in [1.807, 2.05) is 39.8 Å². The van der Waals surface area contributed by atoms with Crippen LogP contribution in [0.1, 0.15) is 58.1 Å². The molecule has 0 spiro atoms. The van der Waals surface area contributed by atoms with E-state index in [1.54, 1.807) is 55.5 Å². The Bertz CT molecular complexity index is 1450. The lowest BCUT2D eigenvalue weighted by molar-refractivity contribution is -0.139. The van der Waals surface area contributed by atoms with Crippen LogP contribution in [0.3, 0.4) is 0 Å². The molecule has 2 amide bonds. The quantitative estimate of drug-likeness (QED) is 0.247. The SMILES string of the molecule is CCC(C)NC(=O)C(C)N(Cc1ccc(Cl)c(Cl)c1)C(=O)CN(c1ccc(C(C)C)cc1)S(=O)(=O)c1ccccc1. The van der Waals surface area contributed by atoms with Gasteiger partial charge in [0, 0.05) is 12.6 Å². The number of amides is 2. The molecule has 0 aliphatic rings. The molecular formula is C31H37Cl2N3O4S. The van der Waals surface area contributed by atoms with Crippen LogP contribution >= 0.6 is 23.2 Å². The summed E-state index contributed by atoms with van der Waals surface area (Å²) in [6.07, 6.45) is 0.717. The molecule has 0 aliphatic heterocycles. The number of carbonyl (C=O) groups is 2. The van der Waals surface area contributed by atoms with E-state index >= 15 is 0 Å². The van der Waals surface area contributed by atoms with Crippen molar-refractivity contribution in [1.82, 2.24) is 10.2 Å². The van der Waals surface area contributed by atoms with E-state index in [0.29, 0.717) is 27.7 Å². The standard InChI is InChI=1S/C31H37Cl2N3O4S/c1-6-22(4)34-31(38)23(5)35(19-24-12-17-28(32)29(33)18-24)30(37)20-36(26-15-13-25(14-16-26)21(2)3)41(39,40)27-10-8-7-9-11-27/h7-18,21-23H,6,19-20H2,1-5H3,(H,34,38). The third kappa shape index (κ3) is 8.24. The molecule has 3 aromatic carbocycles. The number of sulfonamides is 1. The molecule has 41 heavy (non-hydrogen) atoms. The molecule has 0 radical (unpaired) electrons. The number of hydrogen-bond acceptors (Lipinski definition) is 4. The molecule has 2 unspecified atom stereocenters. The highest BCUT2D eigenvalue weighted by atomic mass is 35.5. The highest BCUT2D eigenvalue weighted by Gasteiger charge is 2.32. The Hall–Kier alpha value is -3.07. The largest absolute Gasteiger partial charge is 0.352 e. The molecule has 0 saturated heterocycles. The molecule has 0 bridgehead atoms. The lowest BCUT2D eigenvalue weighted by Crippen LogP contribution is -2.52. The Kier molecular flexibility index (Phi) is 11.2. The average Bonchev–Trinajstić information content (AvgIpc) is 2.96. The van der Waals surface area contributed by atoms with Crippen LogP contribution in [-0.2, 0) is 26.2 Å². The predicted molar refractivity (Wildman–Crippen MR) is 166 cm³/mol. The fraction of sp³-hybridized carbons (Fsp3) is 0.355. The van der Waals surface area contributed by atoms with E-state index in [4.69, 9.17) is 23.2 Å². The summed E-state index contributed by atoms with van der Waals surface area (Å²) in [6.45, 7) is 9.06. The molecule has 3 rings (SSSR count). The van der Waals surface area contributed by atoms with Crippen LogP contribution in [0.5, 0.6) is 0 Å². The fourth-order valence-corrected chi connectivity index (χ4v) is 5.91. The first-order chi connectivity index (χ1) is 19.3. The van der Waals surface area contributed by atoms with Gasteiger partial charge in [-0.2, -0.15) is 0 Å². The van der Waals surface area contributed by atoms with Gasteiger partial charge in [0.25, 0.3) is 10.0 Å². The minimum Gasteiger partial charge on any atom is -0.352 e. The second-order valence-electron chi connectivity index (χ2n) is 10.3. The summed E-state index contributed by atoms with van der Waals surface area (Å²) >= 11 is 12.3. The summed E-state index contributed by atoms with van der Waals surface area (Å²) in [6, 6.07) is 19.1. The maximum atomic E-state index is 14.0. The Morgan fingerprint density at radius 3 is 2.07 bits per heavy atom. The zero-order valence-corrected chi connectivity index (χ0v) is 26.3. The number of nitrogens with zero attached hydrogens (tertiary/aromatic N) is 2. The summed E-state index contributed by atoms with van der Waals surface area (Å²) in [7, 11) is -4.12. The first-order valence-electron chi connectivity index (χ1n) is 13.6. The Labute approximate surface area is 253 Å². The van der Waals surface area contributed by atoms with Gasteiger partial charge in [-0.25, -0.2) is 8.42 Å². The number of halogens is 2. The lowest BCUT2D eigenvalue weighted by atomic mass is 10.0. The zero-order valence-electron chi connectivity index (χ0n) is 24.0. The van der Waals surface area contributed by atoms with Gasteiger partial charge in [0.05, 0.1) is 20.6 Å². The van der Waals surface area contributed by atoms with Gasteiger partial charge in [-0.15, -0.1) is 0 Å². The van der Waals surface area contributed by atoms with E-state index in [-0.39, 0.29) is 29.3 Å². The smallest absolute Gasteiger partial charge is 0.264 e. The van der Waals surface area contributed by atoms with Crippen molar-refractivity contribution in [3.63, 3.8) is 0 Å². The number of anilines is 1. The normalized spacial score (nSPS) is 13.0. The van der Waals surface area contributed by atoms with Crippen molar-refractivity contribution in [1.29, 1.82) is 0 Å². The minimum absolute atomic E-state index is 0.0241. The molecule has 7 nitrogen and oxygen atoms in total. The van der Waals surface area contributed by atoms with Crippen LogP contribution in [-0.4, -0.2) is 43.8 Å². The Morgan fingerprint density at radius 2 is 1.51 bits per heavy atom. The molecule has 0 fully saturated rings. The van der Waals surface area contributed by atoms with Gasteiger partial charge in [0.1, 0.15) is 12.6 Å². The van der Waals surface area contributed by atoms with Crippen LogP contribution in [0.4, 0.5) is 5.69 Å². The van der Waals surface area contributed by atoms with Crippen molar-refractivity contribution in [2.45, 2.75) is 70.5 Å². The van der Waals surface area contributed by atoms with Crippen molar-refractivity contribution < 1.29 is 18.0 Å². The number of nitrogens with one attached hydrogen (secondary N) is 1. The van der Waals surface area contributed by atoms with Gasteiger partial charge in [0.15, 0.2) is 0 Å². The molecule has 0 heterocycles. The van der Waals surface area contributed by atoms with Crippen LogP contribution in [0.15, 0.2) is 77.7 Å². The summed E-state index contributed by atoms with van der Waals surface area (Å²) in [5, 5.41) is 3.59. The third-order valence-corrected chi connectivity index (χ3v) is 9.49. The van der Waals surface area contributed by atoms with Crippen LogP contribution < -0.4 is 9.62 Å². The Morgan fingerprint density at radius 1 is 0.878 bits per heavy atom. The summed E-state index contributed by atoms with van der Waals surface area (Å²) in [5.41, 5.74) is 2.03. The number of rotatable bonds is 12. The van der Waals surface area contributed by atoms with Gasteiger partial charge >= 0.3 is 0 Å². The van der Waals surface area contributed by atoms with E-state index in [9.17, 15) is 18.0 Å². The molecule has 2 atom stereocenters. The molecule has 0 aliphatic carbocycles. The van der Waals surface area contributed by atoms with Crippen LogP contribution in [0.25, 0.3) is 0 Å². The monoisotopic (exact) mass is 617 g/mol. The van der Waals surface area contributed by atoms with Crippen molar-refractivity contribution in [3.8, 4) is 0 Å². The maximum Gasteiger partial charge on any atom is 0.264 e. The summed E-state index contributed by atoms with van der Waals surface area (Å²) in [4.78, 5) is 28.6. The second-order valence-corrected chi connectivity index (χ2v) is 13.0. The number of hydrogen-bond donors (Lipinski definition) is 1. The molecule has 220 valence electrons. The minimum atomic E-state index is -4.12. The van der Waals surface area contributed by atoms with E-state index in [0.717, 1.165) is 9.87 Å². The van der Waals surface area contributed by atoms with E-state index < -0.39 is 28.5 Å². The fourth-order valence-electron chi connectivity index (χ4n) is 4.16. The molecule has 10 heteroatoms.